The Kier molecular flexibility index (Phi) is 4.05. The zero-order chi connectivity index (χ0) is 13.8. The fraction of sp³-hybridized carbons (Fsp3) is 0.250. The molecule has 2 aromatic rings. The van der Waals surface area contributed by atoms with Gasteiger partial charge in [0.05, 0.1) is 6.04 Å². The van der Waals surface area contributed by atoms with Crippen LogP contribution in [0.4, 0.5) is 10.1 Å². The van der Waals surface area contributed by atoms with Crippen LogP contribution in [0.3, 0.4) is 0 Å². The normalized spacial score (nSPS) is 12.2. The van der Waals surface area contributed by atoms with Gasteiger partial charge in [-0.3, -0.25) is 0 Å². The summed E-state index contributed by atoms with van der Waals surface area (Å²) in [7, 11) is 0. The van der Waals surface area contributed by atoms with Gasteiger partial charge in [0.15, 0.2) is 0 Å². The molecule has 1 atom stereocenters. The Morgan fingerprint density at radius 3 is 2.53 bits per heavy atom. The van der Waals surface area contributed by atoms with Crippen LogP contribution in [-0.2, 0) is 0 Å². The monoisotopic (exact) mass is 259 g/mol. The molecule has 0 heterocycles. The minimum atomic E-state index is -0.250. The van der Waals surface area contributed by atoms with Gasteiger partial charge >= 0.3 is 0 Å². The molecule has 0 aromatic heterocycles. The van der Waals surface area contributed by atoms with Gasteiger partial charge in [-0.2, -0.15) is 0 Å². The lowest BCUT2D eigenvalue weighted by Crippen LogP contribution is -2.26. The van der Waals surface area contributed by atoms with Gasteiger partial charge in [-0.05, 0) is 38.1 Å². The molecule has 1 unspecified atom stereocenters. The highest BCUT2D eigenvalue weighted by atomic mass is 19.1. The maximum absolute atomic E-state index is 13.3. The molecule has 1 N–H and O–H groups in total. The highest BCUT2D eigenvalue weighted by Crippen LogP contribution is 2.31. The van der Waals surface area contributed by atoms with Crippen LogP contribution < -0.4 is 4.90 Å². The van der Waals surface area contributed by atoms with Gasteiger partial charge in [-0.15, -0.1) is 0 Å². The van der Waals surface area contributed by atoms with E-state index in [0.717, 1.165) is 17.8 Å². The van der Waals surface area contributed by atoms with E-state index in [1.54, 1.807) is 18.2 Å². The summed E-state index contributed by atoms with van der Waals surface area (Å²) < 4.78 is 13.3. The predicted octanol–water partition coefficient (Wildman–Crippen LogP) is 4.12. The van der Waals surface area contributed by atoms with Crippen molar-refractivity contribution < 1.29 is 9.50 Å². The van der Waals surface area contributed by atoms with Crippen molar-refractivity contribution in [1.82, 2.24) is 0 Å². The lowest BCUT2D eigenvalue weighted by Gasteiger charge is -2.31. The first-order chi connectivity index (χ1) is 9.13. The Bertz CT molecular complexity index is 556. The first kappa shape index (κ1) is 13.4. The maximum atomic E-state index is 13.3. The number of phenols is 1. The molecule has 0 bridgehead atoms. The molecule has 0 aliphatic heterocycles. The number of nitrogens with zero attached hydrogens (tertiary/aromatic N) is 1. The summed E-state index contributed by atoms with van der Waals surface area (Å²) in [6, 6.07) is 13.8. The van der Waals surface area contributed by atoms with E-state index in [9.17, 15) is 9.50 Å². The van der Waals surface area contributed by atoms with E-state index in [2.05, 4.69) is 4.90 Å². The van der Waals surface area contributed by atoms with E-state index < -0.39 is 0 Å². The molecule has 3 heteroatoms. The van der Waals surface area contributed by atoms with Crippen molar-refractivity contribution >= 4 is 5.69 Å². The summed E-state index contributed by atoms with van der Waals surface area (Å²) in [6.45, 7) is 4.75. The average Bonchev–Trinajstić information content (AvgIpc) is 2.40. The van der Waals surface area contributed by atoms with Gasteiger partial charge in [0.1, 0.15) is 11.6 Å². The third-order valence-corrected chi connectivity index (χ3v) is 3.33. The number of phenolic OH excluding ortho intramolecular Hbond substituents is 1. The first-order valence-corrected chi connectivity index (χ1v) is 6.43. The van der Waals surface area contributed by atoms with E-state index in [0.29, 0.717) is 0 Å². The summed E-state index contributed by atoms with van der Waals surface area (Å²) in [5.74, 6) is 0.0188. The Morgan fingerprint density at radius 2 is 1.89 bits per heavy atom. The Labute approximate surface area is 113 Å². The smallest absolute Gasteiger partial charge is 0.125 e. The van der Waals surface area contributed by atoms with E-state index in [1.165, 1.54) is 12.1 Å². The molecule has 0 fully saturated rings. The van der Waals surface area contributed by atoms with Crippen molar-refractivity contribution in [3.63, 3.8) is 0 Å². The Morgan fingerprint density at radius 1 is 1.16 bits per heavy atom. The molecule has 0 radical (unpaired) electrons. The quantitative estimate of drug-likeness (QED) is 0.892. The first-order valence-electron chi connectivity index (χ1n) is 6.43. The van der Waals surface area contributed by atoms with Crippen LogP contribution in [0, 0.1) is 5.82 Å². The Balaban J connectivity index is 2.35. The van der Waals surface area contributed by atoms with Crippen LogP contribution in [0.5, 0.6) is 5.75 Å². The zero-order valence-electron chi connectivity index (χ0n) is 11.2. The summed E-state index contributed by atoms with van der Waals surface area (Å²) in [6.07, 6.45) is 0. The SMILES string of the molecule is CCN(c1cccc(F)c1)C(C)c1ccccc1O. The topological polar surface area (TPSA) is 23.5 Å². The number of rotatable bonds is 4. The molecule has 19 heavy (non-hydrogen) atoms. The second-order valence-corrected chi connectivity index (χ2v) is 4.50. The molecule has 2 aromatic carbocycles. The van der Waals surface area contributed by atoms with Crippen molar-refractivity contribution in [1.29, 1.82) is 0 Å². The fourth-order valence-electron chi connectivity index (χ4n) is 2.34. The van der Waals surface area contributed by atoms with Crippen LogP contribution >= 0.6 is 0 Å². The summed E-state index contributed by atoms with van der Waals surface area (Å²) in [5, 5.41) is 9.93. The van der Waals surface area contributed by atoms with Gasteiger partial charge in [0, 0.05) is 17.8 Å². The lowest BCUT2D eigenvalue weighted by molar-refractivity contribution is 0.461. The lowest BCUT2D eigenvalue weighted by atomic mass is 10.0. The van der Waals surface area contributed by atoms with Crippen molar-refractivity contribution in [2.24, 2.45) is 0 Å². The minimum absolute atomic E-state index is 0.0204. The number of halogens is 1. The van der Waals surface area contributed by atoms with Crippen molar-refractivity contribution in [2.75, 3.05) is 11.4 Å². The summed E-state index contributed by atoms with van der Waals surface area (Å²) in [4.78, 5) is 2.05. The number of aromatic hydroxyl groups is 1. The minimum Gasteiger partial charge on any atom is -0.508 e. The van der Waals surface area contributed by atoms with Crippen LogP contribution in [0.15, 0.2) is 48.5 Å². The molecule has 2 rings (SSSR count). The number of hydrogen-bond acceptors (Lipinski definition) is 2. The van der Waals surface area contributed by atoms with Gasteiger partial charge in [0.25, 0.3) is 0 Å². The van der Waals surface area contributed by atoms with Gasteiger partial charge in [-0.1, -0.05) is 24.3 Å². The number of anilines is 1. The zero-order valence-corrected chi connectivity index (χ0v) is 11.2. The van der Waals surface area contributed by atoms with Gasteiger partial charge in [0.2, 0.25) is 0 Å². The van der Waals surface area contributed by atoms with Crippen LogP contribution in [0.1, 0.15) is 25.5 Å². The van der Waals surface area contributed by atoms with E-state index in [1.807, 2.05) is 32.0 Å². The molecule has 0 saturated heterocycles. The standard InChI is InChI=1S/C16H18FNO/c1-3-18(14-8-6-7-13(17)11-14)12(2)15-9-4-5-10-16(15)19/h4-12,19H,3H2,1-2H3. The Hall–Kier alpha value is -2.03. The molecular formula is C16H18FNO. The highest BCUT2D eigenvalue weighted by molar-refractivity contribution is 5.50. The van der Waals surface area contributed by atoms with Crippen molar-refractivity contribution in [3.8, 4) is 5.75 Å². The third-order valence-electron chi connectivity index (χ3n) is 3.33. The van der Waals surface area contributed by atoms with E-state index in [4.69, 9.17) is 0 Å². The second-order valence-electron chi connectivity index (χ2n) is 4.50. The fourth-order valence-corrected chi connectivity index (χ4v) is 2.34. The molecule has 0 aliphatic rings. The van der Waals surface area contributed by atoms with Gasteiger partial charge < -0.3 is 10.0 Å². The number of hydrogen-bond donors (Lipinski definition) is 1. The second kappa shape index (κ2) is 5.74. The van der Waals surface area contributed by atoms with E-state index >= 15 is 0 Å². The van der Waals surface area contributed by atoms with Gasteiger partial charge in [-0.25, -0.2) is 4.39 Å². The molecular weight excluding hydrogens is 241 g/mol. The van der Waals surface area contributed by atoms with Crippen LogP contribution in [0.2, 0.25) is 0 Å². The van der Waals surface area contributed by atoms with Crippen LogP contribution in [0.25, 0.3) is 0 Å². The molecule has 0 aliphatic carbocycles. The molecule has 0 spiro atoms. The average molecular weight is 259 g/mol. The number of benzene rings is 2. The van der Waals surface area contributed by atoms with Crippen molar-refractivity contribution in [2.45, 2.75) is 19.9 Å². The predicted molar refractivity (Wildman–Crippen MR) is 75.9 cm³/mol. The third kappa shape index (κ3) is 2.87. The number of para-hydroxylation sites is 1. The maximum Gasteiger partial charge on any atom is 0.125 e. The summed E-state index contributed by atoms with van der Waals surface area (Å²) >= 11 is 0. The summed E-state index contributed by atoms with van der Waals surface area (Å²) in [5.41, 5.74) is 1.66. The largest absolute Gasteiger partial charge is 0.508 e. The molecule has 0 amide bonds. The molecule has 0 saturated carbocycles. The highest BCUT2D eigenvalue weighted by Gasteiger charge is 2.17. The molecule has 2 nitrogen and oxygen atoms in total. The van der Waals surface area contributed by atoms with E-state index in [-0.39, 0.29) is 17.6 Å². The molecule has 100 valence electrons. The van der Waals surface area contributed by atoms with Crippen LogP contribution in [-0.4, -0.2) is 11.7 Å². The van der Waals surface area contributed by atoms with Crippen molar-refractivity contribution in [3.05, 3.63) is 59.9 Å².